The van der Waals surface area contributed by atoms with Crippen LogP contribution < -0.4 is 5.73 Å². The molecule has 0 saturated carbocycles. The molecule has 1 unspecified atom stereocenters. The third-order valence-corrected chi connectivity index (χ3v) is 3.16. The summed E-state index contributed by atoms with van der Waals surface area (Å²) in [6.07, 6.45) is -0.287. The van der Waals surface area contributed by atoms with Crippen LogP contribution in [0.2, 0.25) is 0 Å². The fourth-order valence-corrected chi connectivity index (χ4v) is 1.97. The quantitative estimate of drug-likeness (QED) is 0.745. The van der Waals surface area contributed by atoms with Gasteiger partial charge in [0, 0.05) is 24.3 Å². The lowest BCUT2D eigenvalue weighted by Gasteiger charge is -2.32. The molecule has 1 aromatic carbocycles. The number of aliphatic hydroxyl groups excluding tert-OH is 1. The van der Waals surface area contributed by atoms with Crippen molar-refractivity contribution in [3.63, 3.8) is 0 Å². The molecule has 0 radical (unpaired) electrons. The summed E-state index contributed by atoms with van der Waals surface area (Å²) < 4.78 is 5.32. The van der Waals surface area contributed by atoms with Crippen LogP contribution >= 0.6 is 0 Å². The molecule has 3 N–H and O–H groups in total. The Hall–Kier alpha value is -1.59. The lowest BCUT2D eigenvalue weighted by molar-refractivity contribution is -0.0447. The predicted octanol–water partition coefficient (Wildman–Crippen LogP) is 0.411. The Bertz CT molecular complexity index is 448. The zero-order valence-corrected chi connectivity index (χ0v) is 10.4. The molecule has 1 aliphatic heterocycles. The van der Waals surface area contributed by atoms with E-state index in [-0.39, 0.29) is 18.6 Å². The Balaban J connectivity index is 2.12. The van der Waals surface area contributed by atoms with E-state index >= 15 is 0 Å². The van der Waals surface area contributed by atoms with E-state index in [0.29, 0.717) is 30.9 Å². The molecule has 1 fully saturated rings. The molecule has 18 heavy (non-hydrogen) atoms. The molecular formula is C13H18N2O3. The number of hydrogen-bond acceptors (Lipinski definition) is 4. The van der Waals surface area contributed by atoms with E-state index in [1.165, 1.54) is 0 Å². The number of rotatable bonds is 2. The van der Waals surface area contributed by atoms with Crippen molar-refractivity contribution >= 4 is 11.6 Å². The van der Waals surface area contributed by atoms with Crippen LogP contribution in [-0.4, -0.2) is 48.3 Å². The summed E-state index contributed by atoms with van der Waals surface area (Å²) in [4.78, 5) is 13.9. The number of morpholine rings is 1. The summed E-state index contributed by atoms with van der Waals surface area (Å²) in [5, 5.41) is 9.06. The second kappa shape index (κ2) is 5.37. The van der Waals surface area contributed by atoms with Crippen molar-refractivity contribution in [3.8, 4) is 0 Å². The van der Waals surface area contributed by atoms with Crippen LogP contribution in [0, 0.1) is 6.92 Å². The normalized spacial score (nSPS) is 19.9. The minimum Gasteiger partial charge on any atom is -0.398 e. The van der Waals surface area contributed by atoms with E-state index in [2.05, 4.69) is 0 Å². The second-order valence-electron chi connectivity index (χ2n) is 4.50. The van der Waals surface area contributed by atoms with Crippen molar-refractivity contribution in [3.05, 3.63) is 29.3 Å². The van der Waals surface area contributed by atoms with Gasteiger partial charge in [0.1, 0.15) is 0 Å². The Labute approximate surface area is 106 Å². The molecule has 1 aromatic rings. The number of nitrogens with two attached hydrogens (primary N) is 1. The molecule has 1 atom stereocenters. The maximum atomic E-state index is 12.3. The smallest absolute Gasteiger partial charge is 0.254 e. The molecule has 0 aliphatic carbocycles. The van der Waals surface area contributed by atoms with Gasteiger partial charge < -0.3 is 20.5 Å². The number of aryl methyl sites for hydroxylation is 1. The number of carbonyl (C=O) groups excluding carboxylic acids is 1. The van der Waals surface area contributed by atoms with Crippen molar-refractivity contribution in [1.29, 1.82) is 0 Å². The van der Waals surface area contributed by atoms with E-state index in [4.69, 9.17) is 15.6 Å². The summed E-state index contributed by atoms with van der Waals surface area (Å²) in [5.74, 6) is -0.0662. The number of ether oxygens (including phenoxy) is 1. The zero-order valence-electron chi connectivity index (χ0n) is 10.4. The van der Waals surface area contributed by atoms with Gasteiger partial charge in [0.05, 0.1) is 19.3 Å². The van der Waals surface area contributed by atoms with Crippen LogP contribution in [0.3, 0.4) is 0 Å². The molecule has 1 amide bonds. The SMILES string of the molecule is Cc1ccc(C(=O)N2CCOC(CO)C2)cc1N. The first kappa shape index (κ1) is 12.9. The molecule has 1 saturated heterocycles. The van der Waals surface area contributed by atoms with E-state index < -0.39 is 0 Å². The number of carbonyl (C=O) groups is 1. The van der Waals surface area contributed by atoms with Gasteiger partial charge in [0.2, 0.25) is 0 Å². The van der Waals surface area contributed by atoms with Gasteiger partial charge in [-0.3, -0.25) is 4.79 Å². The number of hydrogen-bond donors (Lipinski definition) is 2. The fourth-order valence-electron chi connectivity index (χ4n) is 1.97. The summed E-state index contributed by atoms with van der Waals surface area (Å²) in [5.41, 5.74) is 7.96. The molecule has 5 heteroatoms. The third kappa shape index (κ3) is 2.63. The van der Waals surface area contributed by atoms with Gasteiger partial charge in [-0.1, -0.05) is 6.07 Å². The van der Waals surface area contributed by atoms with Crippen LogP contribution in [-0.2, 0) is 4.74 Å². The minimum absolute atomic E-state index is 0.0662. The summed E-state index contributed by atoms with van der Waals surface area (Å²) in [6.45, 7) is 3.25. The Morgan fingerprint density at radius 3 is 3.06 bits per heavy atom. The molecule has 0 bridgehead atoms. The van der Waals surface area contributed by atoms with Gasteiger partial charge in [-0.15, -0.1) is 0 Å². The number of amides is 1. The highest BCUT2D eigenvalue weighted by atomic mass is 16.5. The van der Waals surface area contributed by atoms with Gasteiger partial charge in [-0.2, -0.15) is 0 Å². The van der Waals surface area contributed by atoms with Gasteiger partial charge >= 0.3 is 0 Å². The van der Waals surface area contributed by atoms with Gasteiger partial charge in [-0.25, -0.2) is 0 Å². The monoisotopic (exact) mass is 250 g/mol. The van der Waals surface area contributed by atoms with Crippen molar-refractivity contribution in [1.82, 2.24) is 4.90 Å². The molecule has 2 rings (SSSR count). The highest BCUT2D eigenvalue weighted by Crippen LogP contribution is 2.16. The predicted molar refractivity (Wildman–Crippen MR) is 68.3 cm³/mol. The van der Waals surface area contributed by atoms with E-state index in [0.717, 1.165) is 5.56 Å². The topological polar surface area (TPSA) is 75.8 Å². The van der Waals surface area contributed by atoms with Crippen LogP contribution in [0.4, 0.5) is 5.69 Å². The van der Waals surface area contributed by atoms with Crippen molar-refractivity contribution < 1.29 is 14.6 Å². The van der Waals surface area contributed by atoms with Crippen LogP contribution in [0.5, 0.6) is 0 Å². The first-order chi connectivity index (χ1) is 8.61. The Kier molecular flexibility index (Phi) is 3.84. The second-order valence-corrected chi connectivity index (χ2v) is 4.50. The van der Waals surface area contributed by atoms with E-state index in [9.17, 15) is 4.79 Å². The maximum absolute atomic E-state index is 12.3. The van der Waals surface area contributed by atoms with E-state index in [1.807, 2.05) is 13.0 Å². The number of nitrogen functional groups attached to an aromatic ring is 1. The standard InChI is InChI=1S/C13H18N2O3/c1-9-2-3-10(6-12(9)14)13(17)15-4-5-18-11(7-15)8-16/h2-3,6,11,16H,4-5,7-8,14H2,1H3. The number of benzene rings is 1. The largest absolute Gasteiger partial charge is 0.398 e. The first-order valence-corrected chi connectivity index (χ1v) is 5.99. The number of anilines is 1. The summed E-state index contributed by atoms with van der Waals surface area (Å²) in [6, 6.07) is 5.31. The highest BCUT2D eigenvalue weighted by Gasteiger charge is 2.24. The summed E-state index contributed by atoms with van der Waals surface area (Å²) >= 11 is 0. The summed E-state index contributed by atoms with van der Waals surface area (Å²) in [7, 11) is 0. The van der Waals surface area contributed by atoms with E-state index in [1.54, 1.807) is 17.0 Å². The van der Waals surface area contributed by atoms with Crippen LogP contribution in [0.25, 0.3) is 0 Å². The molecule has 0 spiro atoms. The number of aliphatic hydroxyl groups is 1. The average molecular weight is 250 g/mol. The molecule has 0 aromatic heterocycles. The lowest BCUT2D eigenvalue weighted by Crippen LogP contribution is -2.46. The maximum Gasteiger partial charge on any atom is 0.254 e. The molecular weight excluding hydrogens is 232 g/mol. The fraction of sp³-hybridized carbons (Fsp3) is 0.462. The van der Waals surface area contributed by atoms with Crippen molar-refractivity contribution in [2.24, 2.45) is 0 Å². The zero-order chi connectivity index (χ0) is 13.1. The van der Waals surface area contributed by atoms with Gasteiger partial charge in [0.15, 0.2) is 0 Å². The Morgan fingerprint density at radius 1 is 1.61 bits per heavy atom. The average Bonchev–Trinajstić information content (AvgIpc) is 2.41. The number of nitrogens with zero attached hydrogens (tertiary/aromatic N) is 1. The van der Waals surface area contributed by atoms with Crippen molar-refractivity contribution in [2.75, 3.05) is 32.0 Å². The lowest BCUT2D eigenvalue weighted by atomic mass is 10.1. The highest BCUT2D eigenvalue weighted by molar-refractivity contribution is 5.95. The van der Waals surface area contributed by atoms with Crippen LogP contribution in [0.15, 0.2) is 18.2 Å². The third-order valence-electron chi connectivity index (χ3n) is 3.16. The molecule has 98 valence electrons. The molecule has 1 aliphatic rings. The Morgan fingerprint density at radius 2 is 2.39 bits per heavy atom. The first-order valence-electron chi connectivity index (χ1n) is 5.99. The van der Waals surface area contributed by atoms with Crippen LogP contribution in [0.1, 0.15) is 15.9 Å². The van der Waals surface area contributed by atoms with Gasteiger partial charge in [0.25, 0.3) is 5.91 Å². The molecule has 5 nitrogen and oxygen atoms in total. The van der Waals surface area contributed by atoms with Crippen molar-refractivity contribution in [2.45, 2.75) is 13.0 Å². The minimum atomic E-state index is -0.287. The molecule has 1 heterocycles. The van der Waals surface area contributed by atoms with Gasteiger partial charge in [-0.05, 0) is 24.6 Å².